The van der Waals surface area contributed by atoms with Crippen LogP contribution in [-0.4, -0.2) is 46.3 Å². The molecule has 0 atom stereocenters. The Morgan fingerprint density at radius 1 is 1.24 bits per heavy atom. The highest BCUT2D eigenvalue weighted by Crippen LogP contribution is 2.30. The molecule has 1 aromatic heterocycles. The van der Waals surface area contributed by atoms with Crippen LogP contribution in [0.3, 0.4) is 0 Å². The fourth-order valence-corrected chi connectivity index (χ4v) is 4.38. The van der Waals surface area contributed by atoms with Crippen LogP contribution in [0, 0.1) is 11.6 Å². The number of benzene rings is 1. The van der Waals surface area contributed by atoms with Crippen LogP contribution in [0.2, 0.25) is 0 Å². The first-order valence-electron chi connectivity index (χ1n) is 10.2. The summed E-state index contributed by atoms with van der Waals surface area (Å²) in [5.41, 5.74) is 2.84. The van der Waals surface area contributed by atoms with Crippen molar-refractivity contribution in [3.63, 3.8) is 0 Å². The molecule has 0 saturated carbocycles. The molecule has 2 heterocycles. The molecule has 1 aromatic carbocycles. The Hall–Kier alpha value is -1.99. The van der Waals surface area contributed by atoms with E-state index >= 15 is 0 Å². The molecular formula is C21H27ClF2N4O. The van der Waals surface area contributed by atoms with Gasteiger partial charge in [-0.3, -0.25) is 4.79 Å². The SMILES string of the molecule is CCCN(C(=O)c1nn(-c2ccc(F)c(F)c2)c2c1CCC2)C1CCNCC1.Cl. The Morgan fingerprint density at radius 3 is 2.69 bits per heavy atom. The van der Waals surface area contributed by atoms with E-state index < -0.39 is 11.6 Å². The number of aromatic nitrogens is 2. The van der Waals surface area contributed by atoms with Crippen molar-refractivity contribution in [2.75, 3.05) is 19.6 Å². The molecule has 0 bridgehead atoms. The van der Waals surface area contributed by atoms with Crippen molar-refractivity contribution in [2.45, 2.75) is 51.5 Å². The predicted molar refractivity (Wildman–Crippen MR) is 110 cm³/mol. The lowest BCUT2D eigenvalue weighted by atomic mass is 10.0. The number of amides is 1. The van der Waals surface area contributed by atoms with Crippen LogP contribution in [-0.2, 0) is 12.8 Å². The van der Waals surface area contributed by atoms with Crippen LogP contribution < -0.4 is 5.32 Å². The van der Waals surface area contributed by atoms with E-state index in [1.807, 2.05) is 4.90 Å². The molecule has 1 aliphatic carbocycles. The van der Waals surface area contributed by atoms with E-state index in [9.17, 15) is 13.6 Å². The van der Waals surface area contributed by atoms with Gasteiger partial charge in [0.15, 0.2) is 17.3 Å². The fourth-order valence-electron chi connectivity index (χ4n) is 4.38. The van der Waals surface area contributed by atoms with Gasteiger partial charge in [-0.05, 0) is 63.7 Å². The van der Waals surface area contributed by atoms with Gasteiger partial charge in [0, 0.05) is 29.9 Å². The minimum absolute atomic E-state index is 0. The lowest BCUT2D eigenvalue weighted by Gasteiger charge is -2.34. The number of rotatable bonds is 5. The van der Waals surface area contributed by atoms with Gasteiger partial charge in [-0.1, -0.05) is 6.92 Å². The summed E-state index contributed by atoms with van der Waals surface area (Å²) in [5, 5.41) is 7.94. The minimum Gasteiger partial charge on any atom is -0.334 e. The molecular weight excluding hydrogens is 398 g/mol. The molecule has 2 aromatic rings. The molecule has 158 valence electrons. The molecule has 4 rings (SSSR count). The monoisotopic (exact) mass is 424 g/mol. The third kappa shape index (κ3) is 4.16. The fraction of sp³-hybridized carbons (Fsp3) is 0.524. The molecule has 5 nitrogen and oxygen atoms in total. The van der Waals surface area contributed by atoms with E-state index in [4.69, 9.17) is 0 Å². The molecule has 1 saturated heterocycles. The molecule has 8 heteroatoms. The van der Waals surface area contributed by atoms with Gasteiger partial charge in [0.2, 0.25) is 0 Å². The first-order valence-corrected chi connectivity index (χ1v) is 10.2. The van der Waals surface area contributed by atoms with Crippen LogP contribution in [0.1, 0.15) is 54.4 Å². The zero-order valence-electron chi connectivity index (χ0n) is 16.6. The summed E-state index contributed by atoms with van der Waals surface area (Å²) in [6, 6.07) is 3.98. The first-order chi connectivity index (χ1) is 13.6. The van der Waals surface area contributed by atoms with Crippen LogP contribution in [0.15, 0.2) is 18.2 Å². The number of hydrogen-bond donors (Lipinski definition) is 1. The Balaban J connectivity index is 0.00000240. The lowest BCUT2D eigenvalue weighted by molar-refractivity contribution is 0.0635. The van der Waals surface area contributed by atoms with E-state index in [2.05, 4.69) is 17.3 Å². The number of nitrogens with one attached hydrogen (secondary N) is 1. The number of nitrogens with zero attached hydrogens (tertiary/aromatic N) is 3. The first kappa shape index (κ1) is 21.7. The van der Waals surface area contributed by atoms with Crippen LogP contribution >= 0.6 is 12.4 Å². The minimum atomic E-state index is -0.907. The van der Waals surface area contributed by atoms with E-state index in [-0.39, 0.29) is 24.4 Å². The molecule has 0 spiro atoms. The van der Waals surface area contributed by atoms with Gasteiger partial charge in [0.05, 0.1) is 5.69 Å². The molecule has 1 amide bonds. The molecule has 0 unspecified atom stereocenters. The van der Waals surface area contributed by atoms with E-state index in [0.29, 0.717) is 17.9 Å². The van der Waals surface area contributed by atoms with E-state index in [0.717, 1.165) is 75.0 Å². The summed E-state index contributed by atoms with van der Waals surface area (Å²) in [6.45, 7) is 4.61. The second-order valence-electron chi connectivity index (χ2n) is 7.62. The second kappa shape index (κ2) is 9.22. The highest BCUT2D eigenvalue weighted by Gasteiger charge is 2.32. The summed E-state index contributed by atoms with van der Waals surface area (Å²) < 4.78 is 28.7. The number of halogens is 3. The maximum absolute atomic E-state index is 13.8. The van der Waals surface area contributed by atoms with Gasteiger partial charge in [-0.25, -0.2) is 13.5 Å². The largest absolute Gasteiger partial charge is 0.334 e. The standard InChI is InChI=1S/C21H26F2N4O.ClH/c1-2-12-26(14-8-10-24-11-9-14)21(28)20-16-4-3-5-19(16)27(25-20)15-6-7-17(22)18(23)13-15;/h6-7,13-14,24H,2-5,8-12H2,1H3;1H. The van der Waals surface area contributed by atoms with Crippen LogP contribution in [0.25, 0.3) is 5.69 Å². The maximum Gasteiger partial charge on any atom is 0.274 e. The lowest BCUT2D eigenvalue weighted by Crippen LogP contribution is -2.46. The number of fused-ring (bicyclic) bond motifs is 1. The molecule has 29 heavy (non-hydrogen) atoms. The van der Waals surface area contributed by atoms with Gasteiger partial charge in [0.25, 0.3) is 5.91 Å². The highest BCUT2D eigenvalue weighted by molar-refractivity contribution is 5.94. The summed E-state index contributed by atoms with van der Waals surface area (Å²) in [4.78, 5) is 15.4. The highest BCUT2D eigenvalue weighted by atomic mass is 35.5. The Morgan fingerprint density at radius 2 is 2.00 bits per heavy atom. The molecule has 2 aliphatic rings. The third-order valence-corrected chi connectivity index (χ3v) is 5.76. The topological polar surface area (TPSA) is 50.2 Å². The smallest absolute Gasteiger partial charge is 0.274 e. The van der Waals surface area contributed by atoms with Crippen LogP contribution in [0.5, 0.6) is 0 Å². The zero-order valence-corrected chi connectivity index (χ0v) is 17.4. The van der Waals surface area contributed by atoms with Crippen molar-refractivity contribution in [3.05, 3.63) is 46.8 Å². The summed E-state index contributed by atoms with van der Waals surface area (Å²) >= 11 is 0. The van der Waals surface area contributed by atoms with Crippen molar-refractivity contribution < 1.29 is 13.6 Å². The van der Waals surface area contributed by atoms with E-state index in [1.54, 1.807) is 4.68 Å². The number of carbonyl (C=O) groups is 1. The van der Waals surface area contributed by atoms with Gasteiger partial charge < -0.3 is 10.2 Å². The normalized spacial score (nSPS) is 16.4. The predicted octanol–water partition coefficient (Wildman–Crippen LogP) is 3.67. The number of hydrogen-bond acceptors (Lipinski definition) is 3. The third-order valence-electron chi connectivity index (χ3n) is 5.76. The van der Waals surface area contributed by atoms with Crippen molar-refractivity contribution in [3.8, 4) is 5.69 Å². The quantitative estimate of drug-likeness (QED) is 0.796. The number of piperidine rings is 1. The molecule has 1 aliphatic heterocycles. The van der Waals surface area contributed by atoms with Crippen molar-refractivity contribution in [2.24, 2.45) is 0 Å². The second-order valence-corrected chi connectivity index (χ2v) is 7.62. The molecule has 1 N–H and O–H groups in total. The van der Waals surface area contributed by atoms with Crippen molar-refractivity contribution in [1.82, 2.24) is 20.0 Å². The maximum atomic E-state index is 13.8. The van der Waals surface area contributed by atoms with Crippen molar-refractivity contribution >= 4 is 18.3 Å². The van der Waals surface area contributed by atoms with Gasteiger partial charge >= 0.3 is 0 Å². The summed E-state index contributed by atoms with van der Waals surface area (Å²) in [6.07, 6.45) is 5.30. The van der Waals surface area contributed by atoms with Gasteiger partial charge in [-0.2, -0.15) is 5.10 Å². The summed E-state index contributed by atoms with van der Waals surface area (Å²) in [5.74, 6) is -1.83. The Bertz CT molecular complexity index is 880. The zero-order chi connectivity index (χ0) is 19.7. The Kier molecular flexibility index (Phi) is 6.90. The van der Waals surface area contributed by atoms with Gasteiger partial charge in [0.1, 0.15) is 0 Å². The van der Waals surface area contributed by atoms with Gasteiger partial charge in [-0.15, -0.1) is 12.4 Å². The summed E-state index contributed by atoms with van der Waals surface area (Å²) in [7, 11) is 0. The van der Waals surface area contributed by atoms with E-state index in [1.165, 1.54) is 6.07 Å². The molecule has 1 fully saturated rings. The molecule has 0 radical (unpaired) electrons. The van der Waals surface area contributed by atoms with Crippen molar-refractivity contribution in [1.29, 1.82) is 0 Å². The average molecular weight is 425 g/mol. The van der Waals surface area contributed by atoms with Crippen LogP contribution in [0.4, 0.5) is 8.78 Å². The Labute approximate surface area is 175 Å². The number of carbonyl (C=O) groups excluding carboxylic acids is 1. The average Bonchev–Trinajstić information content (AvgIpc) is 3.31.